The van der Waals surface area contributed by atoms with Gasteiger partial charge < -0.3 is 14.9 Å². The maximum atomic E-state index is 11.3. The van der Waals surface area contributed by atoms with E-state index in [1.54, 1.807) is 6.92 Å². The first-order valence-electron chi connectivity index (χ1n) is 4.64. The molecule has 2 rings (SSSR count). The first-order valence-corrected chi connectivity index (χ1v) is 4.64. The molecule has 0 saturated carbocycles. The molecule has 84 valence electrons. The zero-order valence-electron chi connectivity index (χ0n) is 8.58. The second kappa shape index (κ2) is 4.05. The Kier molecular flexibility index (Phi) is 2.59. The van der Waals surface area contributed by atoms with Gasteiger partial charge in [0.1, 0.15) is 6.26 Å². The summed E-state index contributed by atoms with van der Waals surface area (Å²) in [4.78, 5) is 15.2. The van der Waals surface area contributed by atoms with Gasteiger partial charge in [0.15, 0.2) is 5.69 Å². The molecule has 0 amide bonds. The SMILES string of the molecule is CCOC(=O)c1coc(-n2cc(N)cn2)n1. The van der Waals surface area contributed by atoms with Crippen LogP contribution < -0.4 is 5.73 Å². The second-order valence-corrected chi connectivity index (χ2v) is 2.95. The fraction of sp³-hybridized carbons (Fsp3) is 0.222. The van der Waals surface area contributed by atoms with Crippen LogP contribution in [0.4, 0.5) is 5.69 Å². The Balaban J connectivity index is 2.22. The molecule has 0 aliphatic rings. The topological polar surface area (TPSA) is 96.2 Å². The minimum atomic E-state index is -0.530. The average Bonchev–Trinajstić information content (AvgIpc) is 2.85. The number of esters is 1. The molecule has 0 aromatic carbocycles. The van der Waals surface area contributed by atoms with Gasteiger partial charge in [-0.3, -0.25) is 0 Å². The van der Waals surface area contributed by atoms with Crippen molar-refractivity contribution >= 4 is 11.7 Å². The number of hydrogen-bond donors (Lipinski definition) is 1. The molecule has 0 atom stereocenters. The number of carbonyl (C=O) groups excluding carboxylic acids is 1. The van der Waals surface area contributed by atoms with Crippen molar-refractivity contribution in [3.63, 3.8) is 0 Å². The van der Waals surface area contributed by atoms with E-state index in [-0.39, 0.29) is 18.3 Å². The van der Waals surface area contributed by atoms with E-state index in [4.69, 9.17) is 14.9 Å². The van der Waals surface area contributed by atoms with Crippen LogP contribution in [0.1, 0.15) is 17.4 Å². The summed E-state index contributed by atoms with van der Waals surface area (Å²) in [6.45, 7) is 2.00. The van der Waals surface area contributed by atoms with Gasteiger partial charge in [-0.1, -0.05) is 0 Å². The van der Waals surface area contributed by atoms with Crippen molar-refractivity contribution in [2.75, 3.05) is 12.3 Å². The Morgan fingerprint density at radius 1 is 1.69 bits per heavy atom. The number of anilines is 1. The zero-order valence-corrected chi connectivity index (χ0v) is 8.58. The largest absolute Gasteiger partial charge is 0.461 e. The molecule has 7 nitrogen and oxygen atoms in total. The molecule has 0 unspecified atom stereocenters. The van der Waals surface area contributed by atoms with Gasteiger partial charge >= 0.3 is 12.0 Å². The molecule has 2 N–H and O–H groups in total. The first kappa shape index (κ1) is 10.2. The summed E-state index contributed by atoms with van der Waals surface area (Å²) < 4.78 is 11.2. The van der Waals surface area contributed by atoms with Crippen LogP contribution in [0.25, 0.3) is 6.01 Å². The maximum absolute atomic E-state index is 11.3. The van der Waals surface area contributed by atoms with E-state index in [2.05, 4.69) is 10.1 Å². The lowest BCUT2D eigenvalue weighted by atomic mass is 10.5. The molecule has 0 radical (unpaired) electrons. The molecule has 2 aromatic rings. The molecule has 0 fully saturated rings. The van der Waals surface area contributed by atoms with Crippen molar-refractivity contribution < 1.29 is 13.9 Å². The third kappa shape index (κ3) is 1.88. The summed E-state index contributed by atoms with van der Waals surface area (Å²) in [7, 11) is 0. The molecular weight excluding hydrogens is 212 g/mol. The third-order valence-corrected chi connectivity index (χ3v) is 1.78. The number of hydrogen-bond acceptors (Lipinski definition) is 6. The predicted molar refractivity (Wildman–Crippen MR) is 54.0 cm³/mol. The number of rotatable bonds is 3. The van der Waals surface area contributed by atoms with E-state index < -0.39 is 5.97 Å². The summed E-state index contributed by atoms with van der Waals surface area (Å²) in [5.74, 6) is -0.530. The van der Waals surface area contributed by atoms with Crippen molar-refractivity contribution in [2.45, 2.75) is 6.92 Å². The van der Waals surface area contributed by atoms with E-state index in [1.165, 1.54) is 23.3 Å². The standard InChI is InChI=1S/C9H10N4O3/c1-2-15-8(14)7-5-16-9(12-7)13-4-6(10)3-11-13/h3-5H,2,10H2,1H3. The van der Waals surface area contributed by atoms with Crippen LogP contribution in [0.2, 0.25) is 0 Å². The minimum absolute atomic E-state index is 0.103. The van der Waals surface area contributed by atoms with E-state index in [0.717, 1.165) is 0 Å². The number of carbonyl (C=O) groups is 1. The smallest absolute Gasteiger partial charge is 0.360 e. The average molecular weight is 222 g/mol. The van der Waals surface area contributed by atoms with Gasteiger partial charge in [0.2, 0.25) is 0 Å². The van der Waals surface area contributed by atoms with Gasteiger partial charge in [0, 0.05) is 0 Å². The highest BCUT2D eigenvalue weighted by molar-refractivity contribution is 5.86. The number of nitrogens with two attached hydrogens (primary N) is 1. The van der Waals surface area contributed by atoms with Crippen molar-refractivity contribution in [3.05, 3.63) is 24.4 Å². The van der Waals surface area contributed by atoms with Gasteiger partial charge in [-0.2, -0.15) is 14.8 Å². The summed E-state index contributed by atoms with van der Waals surface area (Å²) in [6, 6.07) is 0.166. The van der Waals surface area contributed by atoms with E-state index >= 15 is 0 Å². The van der Waals surface area contributed by atoms with Crippen LogP contribution in [0.3, 0.4) is 0 Å². The highest BCUT2D eigenvalue weighted by Gasteiger charge is 2.14. The Morgan fingerprint density at radius 3 is 3.12 bits per heavy atom. The van der Waals surface area contributed by atoms with Gasteiger partial charge in [-0.05, 0) is 6.92 Å². The fourth-order valence-corrected chi connectivity index (χ4v) is 1.11. The van der Waals surface area contributed by atoms with Gasteiger partial charge in [-0.15, -0.1) is 0 Å². The lowest BCUT2D eigenvalue weighted by Crippen LogP contribution is -2.05. The van der Waals surface area contributed by atoms with Crippen LogP contribution in [0.15, 0.2) is 23.1 Å². The summed E-state index contributed by atoms with van der Waals surface area (Å²) in [6.07, 6.45) is 4.19. The molecule has 0 aliphatic heterocycles. The highest BCUT2D eigenvalue weighted by atomic mass is 16.5. The van der Waals surface area contributed by atoms with Crippen molar-refractivity contribution in [3.8, 4) is 6.01 Å². The summed E-state index contributed by atoms with van der Waals surface area (Å²) in [5.41, 5.74) is 6.07. The van der Waals surface area contributed by atoms with Gasteiger partial charge in [0.05, 0.1) is 24.7 Å². The van der Waals surface area contributed by atoms with Crippen molar-refractivity contribution in [2.24, 2.45) is 0 Å². The Hall–Kier alpha value is -2.31. The number of nitrogens with zero attached hydrogens (tertiary/aromatic N) is 3. The summed E-state index contributed by atoms with van der Waals surface area (Å²) >= 11 is 0. The first-order chi connectivity index (χ1) is 7.70. The number of oxazole rings is 1. The predicted octanol–water partition coefficient (Wildman–Crippen LogP) is 0.619. The molecule has 0 bridgehead atoms. The molecule has 2 aromatic heterocycles. The Labute approximate surface area is 90.8 Å². The molecule has 2 heterocycles. The molecule has 0 aliphatic carbocycles. The quantitative estimate of drug-likeness (QED) is 0.764. The maximum Gasteiger partial charge on any atom is 0.360 e. The lowest BCUT2D eigenvalue weighted by molar-refractivity contribution is 0.0519. The Bertz CT molecular complexity index is 502. The van der Waals surface area contributed by atoms with Crippen LogP contribution in [-0.2, 0) is 4.74 Å². The van der Waals surface area contributed by atoms with Crippen LogP contribution >= 0.6 is 0 Å². The highest BCUT2D eigenvalue weighted by Crippen LogP contribution is 2.10. The zero-order chi connectivity index (χ0) is 11.5. The third-order valence-electron chi connectivity index (χ3n) is 1.78. The van der Waals surface area contributed by atoms with Gasteiger partial charge in [0.25, 0.3) is 0 Å². The van der Waals surface area contributed by atoms with Crippen LogP contribution in [0, 0.1) is 0 Å². The minimum Gasteiger partial charge on any atom is -0.461 e. The molecule has 0 spiro atoms. The second-order valence-electron chi connectivity index (χ2n) is 2.95. The number of ether oxygens (including phenoxy) is 1. The monoisotopic (exact) mass is 222 g/mol. The van der Waals surface area contributed by atoms with Crippen molar-refractivity contribution in [1.82, 2.24) is 14.8 Å². The molecule has 7 heteroatoms. The van der Waals surface area contributed by atoms with E-state index in [9.17, 15) is 4.79 Å². The lowest BCUT2D eigenvalue weighted by Gasteiger charge is -1.95. The van der Waals surface area contributed by atoms with Crippen LogP contribution in [0.5, 0.6) is 0 Å². The Morgan fingerprint density at radius 2 is 2.50 bits per heavy atom. The molecule has 16 heavy (non-hydrogen) atoms. The van der Waals surface area contributed by atoms with Gasteiger partial charge in [-0.25, -0.2) is 4.79 Å². The van der Waals surface area contributed by atoms with Crippen molar-refractivity contribution in [1.29, 1.82) is 0 Å². The van der Waals surface area contributed by atoms with E-state index in [0.29, 0.717) is 5.69 Å². The number of aromatic nitrogens is 3. The summed E-state index contributed by atoms with van der Waals surface area (Å²) in [5, 5.41) is 3.89. The van der Waals surface area contributed by atoms with E-state index in [1.807, 2.05) is 0 Å². The molecule has 0 saturated heterocycles. The normalized spacial score (nSPS) is 10.3. The number of nitrogen functional groups attached to an aromatic ring is 1. The molecular formula is C9H10N4O3. The van der Waals surface area contributed by atoms with Crippen LogP contribution in [-0.4, -0.2) is 27.3 Å². The fourth-order valence-electron chi connectivity index (χ4n) is 1.11.